The highest BCUT2D eigenvalue weighted by Gasteiger charge is 2.24. The highest BCUT2D eigenvalue weighted by molar-refractivity contribution is 5.96. The van der Waals surface area contributed by atoms with Crippen LogP contribution in [0.1, 0.15) is 32.6 Å². The number of carbonyl (C=O) groups is 3. The van der Waals surface area contributed by atoms with Gasteiger partial charge in [0.15, 0.2) is 6.61 Å². The number of urea groups is 1. The van der Waals surface area contributed by atoms with Crippen molar-refractivity contribution in [2.45, 2.75) is 38.6 Å². The lowest BCUT2D eigenvalue weighted by Gasteiger charge is -2.29. The molecule has 0 radical (unpaired) electrons. The van der Waals surface area contributed by atoms with Gasteiger partial charge in [0.05, 0.1) is 0 Å². The van der Waals surface area contributed by atoms with Gasteiger partial charge in [0.1, 0.15) is 19.5 Å². The Morgan fingerprint density at radius 2 is 2.04 bits per heavy atom. The first-order valence-electron chi connectivity index (χ1n) is 7.78. The normalized spacial score (nSPS) is 23.6. The second-order valence-electron chi connectivity index (χ2n) is 5.67. The van der Waals surface area contributed by atoms with Crippen LogP contribution in [0.4, 0.5) is 4.79 Å². The minimum Gasteiger partial charge on any atom is -0.493 e. The molecule has 1 aliphatic heterocycles. The van der Waals surface area contributed by atoms with Crippen molar-refractivity contribution < 1.29 is 28.6 Å². The summed E-state index contributed by atoms with van der Waals surface area (Å²) >= 11 is 0. The molecule has 0 aromatic rings. The van der Waals surface area contributed by atoms with Crippen LogP contribution in [0.2, 0.25) is 0 Å². The summed E-state index contributed by atoms with van der Waals surface area (Å²) < 4.78 is 14.7. The number of rotatable bonds is 4. The van der Waals surface area contributed by atoms with Gasteiger partial charge in [-0.2, -0.15) is 0 Å². The molecule has 1 heterocycles. The molecule has 3 amide bonds. The Labute approximate surface area is 134 Å². The predicted molar refractivity (Wildman–Crippen MR) is 79.0 cm³/mol. The van der Waals surface area contributed by atoms with E-state index in [1.165, 1.54) is 0 Å². The Bertz CT molecular complexity index is 490. The quantitative estimate of drug-likeness (QED) is 0.742. The maximum Gasteiger partial charge on any atom is 0.377 e. The van der Waals surface area contributed by atoms with Crippen molar-refractivity contribution in [3.8, 4) is 0 Å². The lowest BCUT2D eigenvalue weighted by molar-refractivity contribution is -0.149. The van der Waals surface area contributed by atoms with Crippen LogP contribution in [0, 0.1) is 5.92 Å². The first-order valence-corrected chi connectivity index (χ1v) is 7.78. The average Bonchev–Trinajstić information content (AvgIpc) is 2.55. The number of hydrogen-bond donors (Lipinski definition) is 2. The molecular weight excluding hydrogens is 304 g/mol. The maximum atomic E-state index is 11.8. The van der Waals surface area contributed by atoms with Crippen molar-refractivity contribution in [3.63, 3.8) is 0 Å². The van der Waals surface area contributed by atoms with Crippen molar-refractivity contribution in [1.29, 1.82) is 0 Å². The number of esters is 1. The molecule has 2 aliphatic rings. The molecule has 0 aromatic heterocycles. The Balaban J connectivity index is 1.68. The minimum atomic E-state index is -0.804. The molecule has 0 bridgehead atoms. The summed E-state index contributed by atoms with van der Waals surface area (Å²) in [5.74, 6) is -1.21. The van der Waals surface area contributed by atoms with Crippen LogP contribution in [0.15, 0.2) is 12.0 Å². The fourth-order valence-corrected chi connectivity index (χ4v) is 2.58. The van der Waals surface area contributed by atoms with E-state index in [0.717, 1.165) is 31.9 Å². The molecule has 0 unspecified atom stereocenters. The summed E-state index contributed by atoms with van der Waals surface area (Å²) in [5.41, 5.74) is 0. The number of hydrogen-bond acceptors (Lipinski definition) is 6. The molecule has 23 heavy (non-hydrogen) atoms. The van der Waals surface area contributed by atoms with Crippen LogP contribution in [-0.4, -0.2) is 43.8 Å². The summed E-state index contributed by atoms with van der Waals surface area (Å²) in [6.45, 7) is 2.12. The number of amides is 3. The fourth-order valence-electron chi connectivity index (χ4n) is 2.58. The lowest BCUT2D eigenvalue weighted by Crippen LogP contribution is -2.48. The predicted octanol–water partition coefficient (Wildman–Crippen LogP) is 0.822. The van der Waals surface area contributed by atoms with E-state index in [4.69, 9.17) is 14.2 Å². The van der Waals surface area contributed by atoms with E-state index in [-0.39, 0.29) is 18.4 Å². The second-order valence-corrected chi connectivity index (χ2v) is 5.67. The van der Waals surface area contributed by atoms with Gasteiger partial charge in [-0.1, -0.05) is 19.8 Å². The van der Waals surface area contributed by atoms with Crippen LogP contribution >= 0.6 is 0 Å². The average molecular weight is 326 g/mol. The number of nitrogens with one attached hydrogen (secondary N) is 2. The topological polar surface area (TPSA) is 103 Å². The van der Waals surface area contributed by atoms with E-state index < -0.39 is 24.5 Å². The smallest absolute Gasteiger partial charge is 0.377 e. The van der Waals surface area contributed by atoms with Crippen LogP contribution in [0.3, 0.4) is 0 Å². The zero-order chi connectivity index (χ0) is 16.7. The standard InChI is InChI=1S/C15H22N2O6/c1-10-4-2-3-5-11(10)16-15(20)17-13(18)9-23-14(19)12-8-21-6-7-22-12/h8,10-11H,2-7,9H2,1H3,(H2,16,17,18,20)/t10-,11+/m0/s1. The molecule has 1 aliphatic carbocycles. The molecule has 0 aromatic carbocycles. The zero-order valence-electron chi connectivity index (χ0n) is 13.1. The van der Waals surface area contributed by atoms with E-state index in [2.05, 4.69) is 17.6 Å². The summed E-state index contributed by atoms with van der Waals surface area (Å²) in [4.78, 5) is 35.0. The lowest BCUT2D eigenvalue weighted by atomic mass is 9.86. The van der Waals surface area contributed by atoms with E-state index in [0.29, 0.717) is 12.5 Å². The Morgan fingerprint density at radius 3 is 2.74 bits per heavy atom. The van der Waals surface area contributed by atoms with Crippen LogP contribution in [0.25, 0.3) is 0 Å². The molecular formula is C15H22N2O6. The third-order valence-corrected chi connectivity index (χ3v) is 3.87. The van der Waals surface area contributed by atoms with Crippen LogP contribution < -0.4 is 10.6 Å². The van der Waals surface area contributed by atoms with Gasteiger partial charge in [-0.05, 0) is 18.8 Å². The third kappa shape index (κ3) is 5.46. The molecule has 2 atom stereocenters. The molecule has 1 fully saturated rings. The molecule has 1 saturated carbocycles. The first kappa shape index (κ1) is 17.1. The molecule has 0 spiro atoms. The zero-order valence-corrected chi connectivity index (χ0v) is 13.1. The van der Waals surface area contributed by atoms with Crippen molar-refractivity contribution in [3.05, 3.63) is 12.0 Å². The number of imide groups is 1. The third-order valence-electron chi connectivity index (χ3n) is 3.87. The van der Waals surface area contributed by atoms with Crippen molar-refractivity contribution in [2.24, 2.45) is 5.92 Å². The summed E-state index contributed by atoms with van der Waals surface area (Å²) in [6.07, 6.45) is 5.34. The van der Waals surface area contributed by atoms with Crippen LogP contribution in [0.5, 0.6) is 0 Å². The highest BCUT2D eigenvalue weighted by atomic mass is 16.6. The van der Waals surface area contributed by atoms with E-state index in [9.17, 15) is 14.4 Å². The molecule has 2 N–H and O–H groups in total. The van der Waals surface area contributed by atoms with E-state index in [1.807, 2.05) is 0 Å². The van der Waals surface area contributed by atoms with E-state index in [1.54, 1.807) is 0 Å². The Morgan fingerprint density at radius 1 is 1.26 bits per heavy atom. The first-order chi connectivity index (χ1) is 11.1. The summed E-state index contributed by atoms with van der Waals surface area (Å²) in [7, 11) is 0. The summed E-state index contributed by atoms with van der Waals surface area (Å²) in [6, 6.07) is -0.502. The number of ether oxygens (including phenoxy) is 3. The molecule has 8 heteroatoms. The second kappa shape index (κ2) is 8.40. The van der Waals surface area contributed by atoms with Gasteiger partial charge in [-0.25, -0.2) is 9.59 Å². The van der Waals surface area contributed by atoms with E-state index >= 15 is 0 Å². The highest BCUT2D eigenvalue weighted by Crippen LogP contribution is 2.23. The van der Waals surface area contributed by atoms with Gasteiger partial charge in [-0.3, -0.25) is 10.1 Å². The fraction of sp³-hybridized carbons (Fsp3) is 0.667. The van der Waals surface area contributed by atoms with Crippen molar-refractivity contribution in [2.75, 3.05) is 19.8 Å². The molecule has 8 nitrogen and oxygen atoms in total. The molecule has 2 rings (SSSR count). The molecule has 0 saturated heterocycles. The summed E-state index contributed by atoms with van der Waals surface area (Å²) in [5, 5.41) is 4.93. The number of carbonyl (C=O) groups excluding carboxylic acids is 3. The SMILES string of the molecule is C[C@H]1CCCC[C@H]1NC(=O)NC(=O)COC(=O)C1=COCCO1. The van der Waals surface area contributed by atoms with Crippen molar-refractivity contribution >= 4 is 17.9 Å². The van der Waals surface area contributed by atoms with Crippen molar-refractivity contribution in [1.82, 2.24) is 10.6 Å². The monoisotopic (exact) mass is 326 g/mol. The van der Waals surface area contributed by atoms with Gasteiger partial charge in [0.2, 0.25) is 5.76 Å². The Hall–Kier alpha value is -2.25. The largest absolute Gasteiger partial charge is 0.493 e. The maximum absolute atomic E-state index is 11.8. The van der Waals surface area contributed by atoms with Gasteiger partial charge in [0, 0.05) is 6.04 Å². The molecule has 128 valence electrons. The van der Waals surface area contributed by atoms with Gasteiger partial charge in [-0.15, -0.1) is 0 Å². The van der Waals surface area contributed by atoms with Gasteiger partial charge in [0.25, 0.3) is 5.91 Å². The minimum absolute atomic E-state index is 0.0667. The van der Waals surface area contributed by atoms with Gasteiger partial charge < -0.3 is 19.5 Å². The van der Waals surface area contributed by atoms with Gasteiger partial charge >= 0.3 is 12.0 Å². The van der Waals surface area contributed by atoms with Crippen LogP contribution in [-0.2, 0) is 23.8 Å². The Kier molecular flexibility index (Phi) is 6.25.